The fourth-order valence-electron chi connectivity index (χ4n) is 2.01. The van der Waals surface area contributed by atoms with Crippen LogP contribution in [-0.2, 0) is 21.7 Å². The Morgan fingerprint density at radius 2 is 2.00 bits per heavy atom. The van der Waals surface area contributed by atoms with E-state index in [0.29, 0.717) is 12.4 Å². The molecule has 1 aliphatic rings. The van der Waals surface area contributed by atoms with Crippen molar-refractivity contribution >= 4 is 9.84 Å². The third-order valence-corrected chi connectivity index (χ3v) is 4.03. The van der Waals surface area contributed by atoms with Crippen molar-refractivity contribution < 1.29 is 13.2 Å². The Balaban J connectivity index is 2.71. The van der Waals surface area contributed by atoms with Gasteiger partial charge in [-0.15, -0.1) is 0 Å². The van der Waals surface area contributed by atoms with Crippen LogP contribution < -0.4 is 4.74 Å². The van der Waals surface area contributed by atoms with Gasteiger partial charge in [0, 0.05) is 23.3 Å². The van der Waals surface area contributed by atoms with Gasteiger partial charge in [0.2, 0.25) is 0 Å². The minimum absolute atomic E-state index is 0.185. The first-order chi connectivity index (χ1) is 8.19. The molecule has 0 saturated carbocycles. The molecule has 5 heteroatoms. The van der Waals surface area contributed by atoms with Crippen molar-refractivity contribution in [3.8, 4) is 5.75 Å². The number of ether oxygens (including phenoxy) is 1. The molecule has 0 saturated heterocycles. The molecule has 0 unspecified atom stereocenters. The number of hydrogen-bond donors (Lipinski definition) is 0. The van der Waals surface area contributed by atoms with Crippen LogP contribution in [0.25, 0.3) is 0 Å². The first-order valence-corrected chi connectivity index (χ1v) is 7.96. The molecule has 2 rings (SSSR count). The quantitative estimate of drug-likeness (QED) is 0.783. The summed E-state index contributed by atoms with van der Waals surface area (Å²) in [5.74, 6) is 0.682. The molecule has 1 aromatic heterocycles. The molecule has 0 N–H and O–H groups in total. The van der Waals surface area contributed by atoms with Crippen molar-refractivity contribution in [3.63, 3.8) is 0 Å². The summed E-state index contributed by atoms with van der Waals surface area (Å²) in [4.78, 5) is 4.36. The van der Waals surface area contributed by atoms with Crippen LogP contribution in [0.3, 0.4) is 0 Å². The van der Waals surface area contributed by atoms with Gasteiger partial charge in [-0.3, -0.25) is 0 Å². The highest BCUT2D eigenvalue weighted by atomic mass is 32.2. The SMILES string of the molecule is CC(C)(C)c1cc2c(c(S(C)(=O)=O)n1)CCCO2. The van der Waals surface area contributed by atoms with Gasteiger partial charge in [-0.1, -0.05) is 20.8 Å². The Hall–Kier alpha value is -1.10. The predicted molar refractivity (Wildman–Crippen MR) is 69.9 cm³/mol. The third kappa shape index (κ3) is 2.51. The van der Waals surface area contributed by atoms with Crippen LogP contribution in [-0.4, -0.2) is 26.3 Å². The fourth-order valence-corrected chi connectivity index (χ4v) is 2.92. The standard InChI is InChI=1S/C13H19NO3S/c1-13(2,3)11-8-10-9(6-5-7-17-10)12(14-11)18(4,15)16/h8H,5-7H2,1-4H3. The number of nitrogens with zero attached hydrogens (tertiary/aromatic N) is 1. The first-order valence-electron chi connectivity index (χ1n) is 6.07. The Labute approximate surface area is 108 Å². The highest BCUT2D eigenvalue weighted by Gasteiger charge is 2.27. The van der Waals surface area contributed by atoms with Crippen LogP contribution >= 0.6 is 0 Å². The second-order valence-electron chi connectivity index (χ2n) is 5.76. The molecule has 18 heavy (non-hydrogen) atoms. The predicted octanol–water partition coefficient (Wildman–Crippen LogP) is 2.11. The average molecular weight is 269 g/mol. The molecule has 0 atom stereocenters. The molecule has 4 nitrogen and oxygen atoms in total. The van der Waals surface area contributed by atoms with Gasteiger partial charge in [0.15, 0.2) is 14.9 Å². The summed E-state index contributed by atoms with van der Waals surface area (Å²) >= 11 is 0. The Bertz CT molecular complexity index is 571. The lowest BCUT2D eigenvalue weighted by atomic mass is 9.91. The van der Waals surface area contributed by atoms with Crippen LogP contribution in [0.2, 0.25) is 0 Å². The lowest BCUT2D eigenvalue weighted by Crippen LogP contribution is -2.20. The normalized spacial score (nSPS) is 16.0. The van der Waals surface area contributed by atoms with E-state index < -0.39 is 9.84 Å². The number of sulfone groups is 1. The topological polar surface area (TPSA) is 56.3 Å². The van der Waals surface area contributed by atoms with E-state index in [2.05, 4.69) is 4.98 Å². The Morgan fingerprint density at radius 3 is 2.56 bits per heavy atom. The van der Waals surface area contributed by atoms with Gasteiger partial charge in [-0.25, -0.2) is 13.4 Å². The van der Waals surface area contributed by atoms with Gasteiger partial charge >= 0.3 is 0 Å². The van der Waals surface area contributed by atoms with Crippen LogP contribution in [0.1, 0.15) is 38.4 Å². The van der Waals surface area contributed by atoms with E-state index in [9.17, 15) is 8.42 Å². The van der Waals surface area contributed by atoms with E-state index in [1.54, 1.807) is 0 Å². The maximum absolute atomic E-state index is 11.9. The molecule has 100 valence electrons. The molecule has 1 aliphatic heterocycles. The second kappa shape index (κ2) is 4.23. The Morgan fingerprint density at radius 1 is 1.33 bits per heavy atom. The van der Waals surface area contributed by atoms with Crippen molar-refractivity contribution in [2.24, 2.45) is 0 Å². The molecule has 0 aromatic carbocycles. The maximum atomic E-state index is 11.9. The molecule has 1 aromatic rings. The molecule has 2 heterocycles. The van der Waals surface area contributed by atoms with Crippen LogP contribution in [0.5, 0.6) is 5.75 Å². The van der Waals surface area contributed by atoms with Gasteiger partial charge in [0.1, 0.15) is 5.75 Å². The minimum atomic E-state index is -3.32. The Kier molecular flexibility index (Phi) is 3.13. The van der Waals surface area contributed by atoms with E-state index in [0.717, 1.165) is 24.1 Å². The lowest BCUT2D eigenvalue weighted by Gasteiger charge is -2.24. The smallest absolute Gasteiger partial charge is 0.193 e. The van der Waals surface area contributed by atoms with Crippen LogP contribution in [0.15, 0.2) is 11.1 Å². The maximum Gasteiger partial charge on any atom is 0.193 e. The van der Waals surface area contributed by atoms with E-state index >= 15 is 0 Å². The minimum Gasteiger partial charge on any atom is -0.493 e. The summed E-state index contributed by atoms with van der Waals surface area (Å²) in [6.07, 6.45) is 2.76. The number of fused-ring (bicyclic) bond motifs is 1. The van der Waals surface area contributed by atoms with Crippen molar-refractivity contribution in [2.45, 2.75) is 44.1 Å². The molecule has 0 aliphatic carbocycles. The molecule has 0 radical (unpaired) electrons. The van der Waals surface area contributed by atoms with Gasteiger partial charge in [-0.2, -0.15) is 0 Å². The molecular formula is C13H19NO3S. The molecular weight excluding hydrogens is 250 g/mol. The number of rotatable bonds is 1. The number of pyridine rings is 1. The van der Waals surface area contributed by atoms with Crippen molar-refractivity contribution in [2.75, 3.05) is 12.9 Å². The summed E-state index contributed by atoms with van der Waals surface area (Å²) in [6, 6.07) is 1.88. The van der Waals surface area contributed by atoms with Crippen LogP contribution in [0.4, 0.5) is 0 Å². The van der Waals surface area contributed by atoms with Crippen LogP contribution in [0, 0.1) is 0 Å². The van der Waals surface area contributed by atoms with E-state index in [1.165, 1.54) is 6.26 Å². The summed E-state index contributed by atoms with van der Waals surface area (Å²) in [6.45, 7) is 6.67. The first kappa shape index (κ1) is 13.3. The average Bonchev–Trinajstić information content (AvgIpc) is 2.25. The fraction of sp³-hybridized carbons (Fsp3) is 0.615. The molecule has 0 fully saturated rings. The van der Waals surface area contributed by atoms with Gasteiger partial charge < -0.3 is 4.74 Å². The molecule has 0 amide bonds. The summed E-state index contributed by atoms with van der Waals surface area (Å²) in [7, 11) is -3.32. The molecule has 0 spiro atoms. The zero-order valence-corrected chi connectivity index (χ0v) is 12.1. The largest absolute Gasteiger partial charge is 0.493 e. The van der Waals surface area contributed by atoms with Gasteiger partial charge in [0.25, 0.3) is 0 Å². The zero-order valence-electron chi connectivity index (χ0n) is 11.3. The summed E-state index contributed by atoms with van der Waals surface area (Å²) in [5.41, 5.74) is 1.29. The number of aromatic nitrogens is 1. The van der Waals surface area contributed by atoms with Crippen molar-refractivity contribution in [1.82, 2.24) is 4.98 Å². The zero-order chi connectivity index (χ0) is 13.6. The van der Waals surface area contributed by atoms with Gasteiger partial charge in [-0.05, 0) is 12.8 Å². The highest BCUT2D eigenvalue weighted by Crippen LogP contribution is 2.33. The molecule has 0 bridgehead atoms. The van der Waals surface area contributed by atoms with Crippen molar-refractivity contribution in [1.29, 1.82) is 0 Å². The van der Waals surface area contributed by atoms with E-state index in [1.807, 2.05) is 26.8 Å². The highest BCUT2D eigenvalue weighted by molar-refractivity contribution is 7.90. The summed E-state index contributed by atoms with van der Waals surface area (Å²) < 4.78 is 29.3. The second-order valence-corrected chi connectivity index (χ2v) is 7.69. The number of hydrogen-bond acceptors (Lipinski definition) is 4. The van der Waals surface area contributed by atoms with E-state index in [4.69, 9.17) is 4.74 Å². The van der Waals surface area contributed by atoms with Crippen molar-refractivity contribution in [3.05, 3.63) is 17.3 Å². The summed E-state index contributed by atoms with van der Waals surface area (Å²) in [5, 5.41) is 0.185. The third-order valence-electron chi connectivity index (χ3n) is 2.99. The lowest BCUT2D eigenvalue weighted by molar-refractivity contribution is 0.283. The van der Waals surface area contributed by atoms with E-state index in [-0.39, 0.29) is 10.4 Å². The monoisotopic (exact) mass is 269 g/mol. The van der Waals surface area contributed by atoms with Gasteiger partial charge in [0.05, 0.1) is 12.3 Å².